The number of hydrogen-bond acceptors (Lipinski definition) is 3. The van der Waals surface area contributed by atoms with Gasteiger partial charge in [0.2, 0.25) is 10.0 Å². The van der Waals surface area contributed by atoms with Crippen molar-refractivity contribution < 1.29 is 13.2 Å². The second kappa shape index (κ2) is 7.54. The van der Waals surface area contributed by atoms with E-state index in [9.17, 15) is 8.42 Å². The first-order valence-corrected chi connectivity index (χ1v) is 10.2. The van der Waals surface area contributed by atoms with Gasteiger partial charge in [-0.1, -0.05) is 47.0 Å². The third kappa shape index (κ3) is 4.11. The summed E-state index contributed by atoms with van der Waals surface area (Å²) in [5.41, 5.74) is 1.03. The molecule has 0 atom stereocenters. The molecule has 1 saturated heterocycles. The summed E-state index contributed by atoms with van der Waals surface area (Å²) in [7, 11) is -3.47. The molecule has 4 nitrogen and oxygen atoms in total. The van der Waals surface area contributed by atoms with Crippen molar-refractivity contribution in [1.29, 1.82) is 0 Å². The molecule has 0 N–H and O–H groups in total. The van der Waals surface area contributed by atoms with Crippen LogP contribution in [0, 0.1) is 6.92 Å². The van der Waals surface area contributed by atoms with Crippen LogP contribution in [0.3, 0.4) is 0 Å². The molecule has 1 fully saturated rings. The highest BCUT2D eigenvalue weighted by Crippen LogP contribution is 2.34. The van der Waals surface area contributed by atoms with Gasteiger partial charge in [-0.15, -0.1) is 0 Å². The number of ether oxygens (including phenoxy) is 1. The van der Waals surface area contributed by atoms with Crippen LogP contribution in [0.4, 0.5) is 0 Å². The SMILES string of the molecule is Cc1ccc(S(=O)(=O)N2CCC(Oc3c(Cl)cccc3Cl)CC2)cc1. The summed E-state index contributed by atoms with van der Waals surface area (Å²) in [6, 6.07) is 12.1. The topological polar surface area (TPSA) is 46.6 Å². The van der Waals surface area contributed by atoms with Crippen LogP contribution in [0.5, 0.6) is 5.75 Å². The van der Waals surface area contributed by atoms with Crippen molar-refractivity contribution >= 4 is 33.2 Å². The number of halogens is 2. The number of hydrogen-bond donors (Lipinski definition) is 0. The van der Waals surface area contributed by atoms with Gasteiger partial charge >= 0.3 is 0 Å². The lowest BCUT2D eigenvalue weighted by Gasteiger charge is -2.31. The summed E-state index contributed by atoms with van der Waals surface area (Å²) >= 11 is 12.3. The zero-order chi connectivity index (χ0) is 18.0. The average Bonchev–Trinajstić information content (AvgIpc) is 2.59. The van der Waals surface area contributed by atoms with Gasteiger partial charge in [-0.3, -0.25) is 0 Å². The number of aryl methyl sites for hydroxylation is 1. The molecule has 0 spiro atoms. The molecule has 0 aliphatic carbocycles. The monoisotopic (exact) mass is 399 g/mol. The Labute approximate surface area is 158 Å². The highest BCUT2D eigenvalue weighted by Gasteiger charge is 2.30. The molecule has 0 amide bonds. The highest BCUT2D eigenvalue weighted by molar-refractivity contribution is 7.89. The van der Waals surface area contributed by atoms with Crippen LogP contribution in [0.15, 0.2) is 47.4 Å². The number of para-hydroxylation sites is 1. The largest absolute Gasteiger partial charge is 0.487 e. The second-order valence-corrected chi connectivity index (χ2v) is 8.84. The Balaban J connectivity index is 1.66. The van der Waals surface area contributed by atoms with E-state index in [1.165, 1.54) is 4.31 Å². The molecule has 1 aliphatic rings. The van der Waals surface area contributed by atoms with Crippen LogP contribution in [0.1, 0.15) is 18.4 Å². The fourth-order valence-electron chi connectivity index (χ4n) is 2.81. The summed E-state index contributed by atoms with van der Waals surface area (Å²) in [6.45, 7) is 2.74. The maximum Gasteiger partial charge on any atom is 0.243 e. The molecule has 0 saturated carbocycles. The normalized spacial score (nSPS) is 16.8. The van der Waals surface area contributed by atoms with Crippen LogP contribution < -0.4 is 4.74 Å². The fraction of sp³-hybridized carbons (Fsp3) is 0.333. The Morgan fingerprint density at radius 3 is 2.12 bits per heavy atom. The van der Waals surface area contributed by atoms with Gasteiger partial charge in [0.05, 0.1) is 14.9 Å². The lowest BCUT2D eigenvalue weighted by atomic mass is 10.1. The zero-order valence-electron chi connectivity index (χ0n) is 13.8. The van der Waals surface area contributed by atoms with Gasteiger partial charge in [0.25, 0.3) is 0 Å². The molecule has 0 radical (unpaired) electrons. The molecular formula is C18H19Cl2NO3S. The minimum Gasteiger partial charge on any atom is -0.487 e. The van der Waals surface area contributed by atoms with E-state index in [-0.39, 0.29) is 6.10 Å². The van der Waals surface area contributed by atoms with Crippen LogP contribution in [0.25, 0.3) is 0 Å². The molecule has 0 unspecified atom stereocenters. The van der Waals surface area contributed by atoms with E-state index in [1.54, 1.807) is 30.3 Å². The third-order valence-electron chi connectivity index (χ3n) is 4.26. The Hall–Kier alpha value is -1.27. The van der Waals surface area contributed by atoms with Crippen molar-refractivity contribution in [2.24, 2.45) is 0 Å². The lowest BCUT2D eigenvalue weighted by molar-refractivity contribution is 0.135. The van der Waals surface area contributed by atoms with Crippen molar-refractivity contribution in [3.63, 3.8) is 0 Å². The van der Waals surface area contributed by atoms with Crippen molar-refractivity contribution in [3.8, 4) is 5.75 Å². The maximum atomic E-state index is 12.7. The zero-order valence-corrected chi connectivity index (χ0v) is 16.1. The van der Waals surface area contributed by atoms with Crippen LogP contribution in [-0.4, -0.2) is 31.9 Å². The summed E-state index contributed by atoms with van der Waals surface area (Å²) < 4.78 is 32.8. The minimum atomic E-state index is -3.47. The van der Waals surface area contributed by atoms with Gasteiger partial charge in [-0.25, -0.2) is 8.42 Å². The van der Waals surface area contributed by atoms with Crippen molar-refractivity contribution in [2.45, 2.75) is 30.8 Å². The molecule has 1 heterocycles. The first-order valence-electron chi connectivity index (χ1n) is 8.05. The van der Waals surface area contributed by atoms with Crippen molar-refractivity contribution in [2.75, 3.05) is 13.1 Å². The minimum absolute atomic E-state index is 0.109. The number of piperidine rings is 1. The number of rotatable bonds is 4. The molecule has 134 valence electrons. The van der Waals surface area contributed by atoms with E-state index < -0.39 is 10.0 Å². The Morgan fingerprint density at radius 1 is 1.00 bits per heavy atom. The van der Waals surface area contributed by atoms with Gasteiger partial charge in [-0.05, 0) is 44.0 Å². The van der Waals surface area contributed by atoms with Crippen LogP contribution in [-0.2, 0) is 10.0 Å². The molecule has 0 bridgehead atoms. The highest BCUT2D eigenvalue weighted by atomic mass is 35.5. The first-order chi connectivity index (χ1) is 11.9. The van der Waals surface area contributed by atoms with E-state index in [2.05, 4.69) is 0 Å². The lowest BCUT2D eigenvalue weighted by Crippen LogP contribution is -2.41. The van der Waals surface area contributed by atoms with E-state index >= 15 is 0 Å². The number of sulfonamides is 1. The smallest absolute Gasteiger partial charge is 0.243 e. The van der Waals surface area contributed by atoms with E-state index in [1.807, 2.05) is 19.1 Å². The summed E-state index contributed by atoms with van der Waals surface area (Å²) in [5, 5.41) is 0.921. The van der Waals surface area contributed by atoms with Gasteiger partial charge in [0.15, 0.2) is 5.75 Å². The maximum absolute atomic E-state index is 12.7. The summed E-state index contributed by atoms with van der Waals surface area (Å²) in [5.74, 6) is 0.464. The third-order valence-corrected chi connectivity index (χ3v) is 6.77. The first kappa shape index (κ1) is 18.5. The molecule has 2 aromatic carbocycles. The van der Waals surface area contributed by atoms with Crippen LogP contribution in [0.2, 0.25) is 10.0 Å². The summed E-state index contributed by atoms with van der Waals surface area (Å²) in [6.07, 6.45) is 1.07. The number of benzene rings is 2. The van der Waals surface area contributed by atoms with Crippen LogP contribution >= 0.6 is 23.2 Å². The molecule has 7 heteroatoms. The summed E-state index contributed by atoms with van der Waals surface area (Å²) in [4.78, 5) is 0.326. The Bertz CT molecular complexity index is 825. The van der Waals surface area contributed by atoms with Gasteiger partial charge < -0.3 is 4.74 Å². The molecule has 2 aromatic rings. The van der Waals surface area contributed by atoms with E-state index in [0.29, 0.717) is 46.6 Å². The molecule has 25 heavy (non-hydrogen) atoms. The van der Waals surface area contributed by atoms with Gasteiger partial charge in [0, 0.05) is 13.1 Å². The van der Waals surface area contributed by atoms with Crippen molar-refractivity contribution in [3.05, 3.63) is 58.1 Å². The Morgan fingerprint density at radius 2 is 1.56 bits per heavy atom. The van der Waals surface area contributed by atoms with Gasteiger partial charge in [-0.2, -0.15) is 4.31 Å². The average molecular weight is 400 g/mol. The van der Waals surface area contributed by atoms with E-state index in [4.69, 9.17) is 27.9 Å². The number of nitrogens with zero attached hydrogens (tertiary/aromatic N) is 1. The molecular weight excluding hydrogens is 381 g/mol. The van der Waals surface area contributed by atoms with Crippen molar-refractivity contribution in [1.82, 2.24) is 4.31 Å². The van der Waals surface area contributed by atoms with Gasteiger partial charge in [0.1, 0.15) is 6.10 Å². The quantitative estimate of drug-likeness (QED) is 0.758. The second-order valence-electron chi connectivity index (χ2n) is 6.09. The Kier molecular flexibility index (Phi) is 5.58. The molecule has 1 aliphatic heterocycles. The molecule has 3 rings (SSSR count). The predicted octanol–water partition coefficient (Wildman–Crippen LogP) is 4.53. The standard InChI is InChI=1S/C18H19Cl2NO3S/c1-13-5-7-15(8-6-13)25(22,23)21-11-9-14(10-12-21)24-18-16(19)3-2-4-17(18)20/h2-8,14H,9-12H2,1H3. The predicted molar refractivity (Wildman–Crippen MR) is 100 cm³/mol. The molecule has 0 aromatic heterocycles. The van der Waals surface area contributed by atoms with E-state index in [0.717, 1.165) is 5.56 Å². The fourth-order valence-corrected chi connectivity index (χ4v) is 4.77.